The van der Waals surface area contributed by atoms with Gasteiger partial charge in [-0.1, -0.05) is 0 Å². The highest BCUT2D eigenvalue weighted by Gasteiger charge is 2.45. The number of benzene rings is 2. The van der Waals surface area contributed by atoms with E-state index in [2.05, 4.69) is 0 Å². The minimum atomic E-state index is -1.78. The van der Waals surface area contributed by atoms with Crippen LogP contribution in [0, 0.1) is 0 Å². The summed E-state index contributed by atoms with van der Waals surface area (Å²) < 4.78 is 32.6. The van der Waals surface area contributed by atoms with E-state index in [1.807, 2.05) is 0 Å². The number of hydrogen-bond acceptors (Lipinski definition) is 17. The standard InChI is InChI=1S/C28H30O17/c1-9(30)41-20-8-40-27(25(38)23(20)36)44-17-5-13(32)12(31)4-11(17)16-6-15(34)21-14(33)2-10(3-18(21)43-16)42-28-26(39)24(37)22(35)19(7-29)45-28/h2-6,19-20,22-29,31-33,35-39H,7-8H2,1H3/t19-,20+,22-,23+,24+,25+,26-,27+,28-/m1/s1. The lowest BCUT2D eigenvalue weighted by molar-refractivity contribution is -0.277. The molecule has 2 fully saturated rings. The molecule has 0 saturated carbocycles. The number of aliphatic hydroxyl groups is 6. The van der Waals surface area contributed by atoms with Crippen molar-refractivity contribution in [2.75, 3.05) is 13.2 Å². The molecule has 0 bridgehead atoms. The second-order valence-corrected chi connectivity index (χ2v) is 10.4. The lowest BCUT2D eigenvalue weighted by Gasteiger charge is -2.39. The number of ether oxygens (including phenoxy) is 5. The van der Waals surface area contributed by atoms with E-state index < -0.39 is 90.6 Å². The van der Waals surface area contributed by atoms with E-state index in [1.54, 1.807) is 0 Å². The van der Waals surface area contributed by atoms with E-state index in [0.29, 0.717) is 0 Å². The smallest absolute Gasteiger partial charge is 0.303 e. The van der Waals surface area contributed by atoms with Gasteiger partial charge in [-0.3, -0.25) is 9.59 Å². The van der Waals surface area contributed by atoms with E-state index in [-0.39, 0.29) is 40.4 Å². The average Bonchev–Trinajstić information content (AvgIpc) is 2.98. The van der Waals surface area contributed by atoms with Crippen LogP contribution >= 0.6 is 0 Å². The van der Waals surface area contributed by atoms with Crippen molar-refractivity contribution in [1.82, 2.24) is 0 Å². The summed E-state index contributed by atoms with van der Waals surface area (Å²) in [6, 6.07) is 4.95. The molecule has 2 aromatic carbocycles. The topological polar surface area (TPSA) is 275 Å². The van der Waals surface area contributed by atoms with Gasteiger partial charge < -0.3 is 74.1 Å². The van der Waals surface area contributed by atoms with Crippen molar-refractivity contribution in [2.24, 2.45) is 0 Å². The van der Waals surface area contributed by atoms with E-state index in [9.17, 15) is 55.5 Å². The molecule has 0 spiro atoms. The zero-order valence-corrected chi connectivity index (χ0v) is 23.3. The Bertz CT molecular complexity index is 1620. The van der Waals surface area contributed by atoms with Crippen LogP contribution in [0.25, 0.3) is 22.3 Å². The fourth-order valence-corrected chi connectivity index (χ4v) is 4.90. The lowest BCUT2D eigenvalue weighted by atomic mass is 9.99. The van der Waals surface area contributed by atoms with Crippen LogP contribution in [-0.4, -0.2) is 120 Å². The van der Waals surface area contributed by atoms with Crippen LogP contribution in [0.5, 0.6) is 28.7 Å². The van der Waals surface area contributed by atoms with Gasteiger partial charge in [-0.25, -0.2) is 0 Å². The largest absolute Gasteiger partial charge is 0.507 e. The SMILES string of the molecule is CC(=O)O[C@H]1CO[C@@H](Oc2cc(O)c(O)cc2-c2cc(=O)c3c(O)cc(O[C@@H]4O[C@H](CO)[C@@H](O)[C@H](O)[C@H]4O)cc3o2)[C@@H](O)[C@H]1O. The summed E-state index contributed by atoms with van der Waals surface area (Å²) in [4.78, 5) is 24.4. The summed E-state index contributed by atoms with van der Waals surface area (Å²) in [5.74, 6) is -3.49. The molecule has 9 N–H and O–H groups in total. The van der Waals surface area contributed by atoms with Crippen molar-refractivity contribution in [2.45, 2.75) is 62.2 Å². The Morgan fingerprint density at radius 1 is 0.844 bits per heavy atom. The van der Waals surface area contributed by atoms with E-state index in [1.165, 1.54) is 0 Å². The summed E-state index contributed by atoms with van der Waals surface area (Å²) in [7, 11) is 0. The number of esters is 1. The maximum absolute atomic E-state index is 13.1. The Morgan fingerprint density at radius 2 is 1.53 bits per heavy atom. The highest BCUT2D eigenvalue weighted by Crippen LogP contribution is 2.41. The summed E-state index contributed by atoms with van der Waals surface area (Å²) >= 11 is 0. The molecule has 45 heavy (non-hydrogen) atoms. The van der Waals surface area contributed by atoms with Crippen LogP contribution in [0.15, 0.2) is 39.5 Å². The van der Waals surface area contributed by atoms with Crippen molar-refractivity contribution in [1.29, 1.82) is 0 Å². The normalized spacial score (nSPS) is 30.2. The number of aromatic hydroxyl groups is 3. The Kier molecular flexibility index (Phi) is 9.06. The highest BCUT2D eigenvalue weighted by molar-refractivity contribution is 5.86. The Hall–Kier alpha value is -4.20. The van der Waals surface area contributed by atoms with E-state index in [4.69, 9.17) is 28.1 Å². The first-order chi connectivity index (χ1) is 21.3. The van der Waals surface area contributed by atoms with Crippen molar-refractivity contribution >= 4 is 16.9 Å². The number of carbonyl (C=O) groups is 1. The molecule has 3 heterocycles. The van der Waals surface area contributed by atoms with Crippen LogP contribution in [0.1, 0.15) is 6.92 Å². The van der Waals surface area contributed by atoms with Crippen molar-refractivity contribution in [3.05, 3.63) is 40.6 Å². The third-order valence-electron chi connectivity index (χ3n) is 7.22. The molecule has 1 aromatic heterocycles. The summed E-state index contributed by atoms with van der Waals surface area (Å²) in [5, 5.41) is 91.3. The van der Waals surface area contributed by atoms with Gasteiger partial charge >= 0.3 is 5.97 Å². The zero-order valence-electron chi connectivity index (χ0n) is 23.3. The molecule has 17 nitrogen and oxygen atoms in total. The minimum Gasteiger partial charge on any atom is -0.507 e. The number of fused-ring (bicyclic) bond motifs is 1. The van der Waals surface area contributed by atoms with Gasteiger partial charge in [-0.15, -0.1) is 0 Å². The lowest BCUT2D eigenvalue weighted by Crippen LogP contribution is -2.60. The molecule has 0 radical (unpaired) electrons. The summed E-state index contributed by atoms with van der Waals surface area (Å²) in [6.45, 7) is 0.0166. The molecular formula is C28H30O17. The van der Waals surface area contributed by atoms with Crippen LogP contribution in [0.2, 0.25) is 0 Å². The van der Waals surface area contributed by atoms with Crippen LogP contribution in [0.4, 0.5) is 0 Å². The molecule has 2 saturated heterocycles. The van der Waals surface area contributed by atoms with Crippen molar-refractivity contribution in [3.63, 3.8) is 0 Å². The molecule has 9 atom stereocenters. The highest BCUT2D eigenvalue weighted by atomic mass is 16.7. The number of phenolic OH excluding ortho intramolecular Hbond substituents is 3. The predicted molar refractivity (Wildman–Crippen MR) is 145 cm³/mol. The van der Waals surface area contributed by atoms with Gasteiger partial charge in [0.05, 0.1) is 18.8 Å². The molecular weight excluding hydrogens is 608 g/mol. The van der Waals surface area contributed by atoms with Crippen LogP contribution in [-0.2, 0) is 19.0 Å². The van der Waals surface area contributed by atoms with E-state index >= 15 is 0 Å². The van der Waals surface area contributed by atoms with Gasteiger partial charge in [0.15, 0.2) is 23.0 Å². The van der Waals surface area contributed by atoms with Gasteiger partial charge in [0.1, 0.15) is 70.6 Å². The van der Waals surface area contributed by atoms with Gasteiger partial charge in [0.25, 0.3) is 0 Å². The maximum atomic E-state index is 13.1. The predicted octanol–water partition coefficient (Wildman–Crippen LogP) is -1.86. The third-order valence-corrected chi connectivity index (χ3v) is 7.22. The first-order valence-electron chi connectivity index (χ1n) is 13.4. The van der Waals surface area contributed by atoms with E-state index in [0.717, 1.165) is 37.3 Å². The van der Waals surface area contributed by atoms with Crippen molar-refractivity contribution in [3.8, 4) is 40.1 Å². The second kappa shape index (κ2) is 12.7. The summed E-state index contributed by atoms with van der Waals surface area (Å²) in [6.07, 6.45) is -14.2. The number of carbonyl (C=O) groups excluding carboxylic acids is 1. The third kappa shape index (κ3) is 6.33. The minimum absolute atomic E-state index is 0.156. The number of phenols is 3. The first kappa shape index (κ1) is 32.2. The quantitative estimate of drug-likeness (QED) is 0.101. The molecule has 0 amide bonds. The monoisotopic (exact) mass is 638 g/mol. The van der Waals surface area contributed by atoms with Gasteiger partial charge in [0, 0.05) is 31.2 Å². The van der Waals surface area contributed by atoms with Gasteiger partial charge in [0.2, 0.25) is 12.6 Å². The van der Waals surface area contributed by atoms with Crippen LogP contribution in [0.3, 0.4) is 0 Å². The summed E-state index contributed by atoms with van der Waals surface area (Å²) in [5.41, 5.74) is -1.23. The molecule has 244 valence electrons. The number of rotatable bonds is 7. The van der Waals surface area contributed by atoms with Gasteiger partial charge in [-0.05, 0) is 6.07 Å². The Balaban J connectivity index is 1.49. The van der Waals surface area contributed by atoms with Gasteiger partial charge in [-0.2, -0.15) is 0 Å². The van der Waals surface area contributed by atoms with Crippen molar-refractivity contribution < 1.29 is 78.9 Å². The molecule has 2 aliphatic heterocycles. The Morgan fingerprint density at radius 3 is 2.22 bits per heavy atom. The average molecular weight is 639 g/mol. The molecule has 5 rings (SSSR count). The fraction of sp³-hybridized carbons (Fsp3) is 0.429. The molecule has 3 aromatic rings. The van der Waals surface area contributed by atoms with Crippen LogP contribution < -0.4 is 14.9 Å². The zero-order chi connectivity index (χ0) is 32.7. The Labute approximate surface area is 252 Å². The number of hydrogen-bond donors (Lipinski definition) is 9. The second-order valence-electron chi connectivity index (χ2n) is 10.4. The molecule has 17 heteroatoms. The molecule has 2 aliphatic rings. The maximum Gasteiger partial charge on any atom is 0.303 e. The first-order valence-corrected chi connectivity index (χ1v) is 13.4. The number of aliphatic hydroxyl groups excluding tert-OH is 6. The fourth-order valence-electron chi connectivity index (χ4n) is 4.90. The molecule has 0 unspecified atom stereocenters. The molecule has 0 aliphatic carbocycles.